The molecule has 0 aliphatic heterocycles. The summed E-state index contributed by atoms with van der Waals surface area (Å²) >= 11 is 0. The van der Waals surface area contributed by atoms with Gasteiger partial charge < -0.3 is 14.8 Å². The van der Waals surface area contributed by atoms with Crippen LogP contribution in [0.3, 0.4) is 0 Å². The lowest BCUT2D eigenvalue weighted by molar-refractivity contribution is 0.0652. The standard InChI is InChI=1S/C13H12N2O4/c1-15-10-5-8(13(18)19)7(12(16)17)4-9(10)14-11(15)6-2-3-6/h4-6H,2-3H2,1H3,(H,16,17)(H,18,19). The van der Waals surface area contributed by atoms with Gasteiger partial charge >= 0.3 is 11.9 Å². The summed E-state index contributed by atoms with van der Waals surface area (Å²) in [5, 5.41) is 18.2. The molecule has 0 bridgehead atoms. The Morgan fingerprint density at radius 2 is 1.79 bits per heavy atom. The van der Waals surface area contributed by atoms with Crippen LogP contribution in [0.5, 0.6) is 0 Å². The zero-order valence-electron chi connectivity index (χ0n) is 10.3. The van der Waals surface area contributed by atoms with E-state index >= 15 is 0 Å². The first-order valence-electron chi connectivity index (χ1n) is 5.96. The van der Waals surface area contributed by atoms with Gasteiger partial charge in [0.1, 0.15) is 5.82 Å². The maximum Gasteiger partial charge on any atom is 0.336 e. The van der Waals surface area contributed by atoms with Crippen LogP contribution in [0.1, 0.15) is 45.3 Å². The van der Waals surface area contributed by atoms with E-state index in [0.717, 1.165) is 18.7 Å². The third-order valence-electron chi connectivity index (χ3n) is 3.46. The number of aromatic nitrogens is 2. The number of hydrogen-bond donors (Lipinski definition) is 2. The van der Waals surface area contributed by atoms with Crippen molar-refractivity contribution in [3.63, 3.8) is 0 Å². The first-order valence-corrected chi connectivity index (χ1v) is 5.96. The molecule has 1 fully saturated rings. The molecule has 0 radical (unpaired) electrons. The number of benzene rings is 1. The topological polar surface area (TPSA) is 92.4 Å². The predicted octanol–water partition coefficient (Wildman–Crippen LogP) is 1.85. The highest BCUT2D eigenvalue weighted by molar-refractivity contribution is 6.05. The maximum absolute atomic E-state index is 11.1. The Morgan fingerprint density at radius 1 is 1.21 bits per heavy atom. The highest BCUT2D eigenvalue weighted by Crippen LogP contribution is 2.40. The average Bonchev–Trinajstić information content (AvgIpc) is 3.14. The van der Waals surface area contributed by atoms with Gasteiger partial charge in [-0.1, -0.05) is 0 Å². The molecule has 1 aliphatic rings. The Labute approximate surface area is 108 Å². The van der Waals surface area contributed by atoms with Crippen LogP contribution < -0.4 is 0 Å². The number of rotatable bonds is 3. The Kier molecular flexibility index (Phi) is 2.35. The van der Waals surface area contributed by atoms with Gasteiger partial charge in [-0.3, -0.25) is 0 Å². The zero-order valence-corrected chi connectivity index (χ0v) is 10.3. The molecule has 1 aliphatic carbocycles. The summed E-state index contributed by atoms with van der Waals surface area (Å²) in [6, 6.07) is 2.73. The van der Waals surface area contributed by atoms with E-state index in [4.69, 9.17) is 10.2 Å². The lowest BCUT2D eigenvalue weighted by atomic mass is 10.1. The summed E-state index contributed by atoms with van der Waals surface area (Å²) in [7, 11) is 1.83. The van der Waals surface area contributed by atoms with Gasteiger partial charge in [0.2, 0.25) is 0 Å². The first kappa shape index (κ1) is 11.7. The van der Waals surface area contributed by atoms with Crippen LogP contribution in [0.15, 0.2) is 12.1 Å². The predicted molar refractivity (Wildman–Crippen MR) is 66.6 cm³/mol. The second kappa shape index (κ2) is 3.81. The molecule has 1 aromatic carbocycles. The molecule has 0 amide bonds. The first-order chi connectivity index (χ1) is 8.99. The van der Waals surface area contributed by atoms with Crippen molar-refractivity contribution < 1.29 is 19.8 Å². The number of carboxylic acid groups (broad SMARTS) is 2. The second-order valence-electron chi connectivity index (χ2n) is 4.80. The molecule has 2 N–H and O–H groups in total. The largest absolute Gasteiger partial charge is 0.478 e. The number of carbonyl (C=O) groups is 2. The van der Waals surface area contributed by atoms with Crippen molar-refractivity contribution in [2.24, 2.45) is 7.05 Å². The molecule has 6 nitrogen and oxygen atoms in total. The molecule has 6 heteroatoms. The summed E-state index contributed by atoms with van der Waals surface area (Å²) < 4.78 is 1.85. The Morgan fingerprint density at radius 3 is 2.32 bits per heavy atom. The van der Waals surface area contributed by atoms with Crippen molar-refractivity contribution in [2.45, 2.75) is 18.8 Å². The van der Waals surface area contributed by atoms with Crippen molar-refractivity contribution in [3.05, 3.63) is 29.1 Å². The van der Waals surface area contributed by atoms with E-state index in [0.29, 0.717) is 17.0 Å². The fourth-order valence-electron chi connectivity index (χ4n) is 2.32. The summed E-state index contributed by atoms with van der Waals surface area (Å²) in [5.41, 5.74) is 0.766. The monoisotopic (exact) mass is 260 g/mol. The highest BCUT2D eigenvalue weighted by atomic mass is 16.4. The van der Waals surface area contributed by atoms with Gasteiger partial charge in [-0.05, 0) is 25.0 Å². The molecule has 0 atom stereocenters. The summed E-state index contributed by atoms with van der Waals surface area (Å²) in [6.07, 6.45) is 2.16. The van der Waals surface area contributed by atoms with Gasteiger partial charge in [0.05, 0.1) is 22.2 Å². The molecule has 2 aromatic rings. The Bertz CT molecular complexity index is 713. The van der Waals surface area contributed by atoms with E-state index in [-0.39, 0.29) is 11.1 Å². The summed E-state index contributed by atoms with van der Waals surface area (Å²) in [6.45, 7) is 0. The minimum atomic E-state index is -1.25. The quantitative estimate of drug-likeness (QED) is 0.878. The third-order valence-corrected chi connectivity index (χ3v) is 3.46. The Hall–Kier alpha value is -2.37. The van der Waals surface area contributed by atoms with Gasteiger partial charge in [0.25, 0.3) is 0 Å². The smallest absolute Gasteiger partial charge is 0.336 e. The number of hydrogen-bond acceptors (Lipinski definition) is 3. The van der Waals surface area contributed by atoms with E-state index in [1.54, 1.807) is 0 Å². The van der Waals surface area contributed by atoms with Gasteiger partial charge in [-0.2, -0.15) is 0 Å². The molecule has 1 heterocycles. The number of carboxylic acids is 2. The van der Waals surface area contributed by atoms with Gasteiger partial charge in [0, 0.05) is 13.0 Å². The lowest BCUT2D eigenvalue weighted by Crippen LogP contribution is -2.08. The van der Waals surface area contributed by atoms with Crippen molar-refractivity contribution >= 4 is 23.0 Å². The van der Waals surface area contributed by atoms with Crippen molar-refractivity contribution in [2.75, 3.05) is 0 Å². The van der Waals surface area contributed by atoms with Crippen molar-refractivity contribution in [1.82, 2.24) is 9.55 Å². The molecule has 0 unspecified atom stereocenters. The van der Waals surface area contributed by atoms with Crippen LogP contribution in [-0.2, 0) is 7.05 Å². The highest BCUT2D eigenvalue weighted by Gasteiger charge is 2.29. The fourth-order valence-corrected chi connectivity index (χ4v) is 2.32. The van der Waals surface area contributed by atoms with Gasteiger partial charge in [0.15, 0.2) is 0 Å². The number of aromatic carboxylic acids is 2. The van der Waals surface area contributed by atoms with E-state index in [2.05, 4.69) is 4.98 Å². The zero-order chi connectivity index (χ0) is 13.7. The number of aryl methyl sites for hydroxylation is 1. The van der Waals surface area contributed by atoms with Crippen molar-refractivity contribution in [3.8, 4) is 0 Å². The van der Waals surface area contributed by atoms with E-state index in [9.17, 15) is 9.59 Å². The average molecular weight is 260 g/mol. The SMILES string of the molecule is Cn1c(C2CC2)nc2cc(C(=O)O)c(C(=O)O)cc21. The second-order valence-corrected chi connectivity index (χ2v) is 4.80. The third kappa shape index (κ3) is 1.76. The Balaban J connectivity index is 2.29. The number of nitrogens with zero attached hydrogens (tertiary/aromatic N) is 2. The van der Waals surface area contributed by atoms with Crippen LogP contribution in [-0.4, -0.2) is 31.7 Å². The fraction of sp³-hybridized carbons (Fsp3) is 0.308. The maximum atomic E-state index is 11.1. The number of imidazole rings is 1. The van der Waals surface area contributed by atoms with Crippen LogP contribution in [0.4, 0.5) is 0 Å². The van der Waals surface area contributed by atoms with Crippen LogP contribution in [0.2, 0.25) is 0 Å². The van der Waals surface area contributed by atoms with E-state index in [1.165, 1.54) is 12.1 Å². The molecular weight excluding hydrogens is 248 g/mol. The molecule has 0 saturated heterocycles. The molecule has 3 rings (SSSR count). The van der Waals surface area contributed by atoms with Crippen LogP contribution in [0.25, 0.3) is 11.0 Å². The number of fused-ring (bicyclic) bond motifs is 1. The lowest BCUT2D eigenvalue weighted by Gasteiger charge is -2.03. The van der Waals surface area contributed by atoms with Crippen LogP contribution in [0, 0.1) is 0 Å². The molecule has 19 heavy (non-hydrogen) atoms. The molecule has 98 valence electrons. The molecule has 1 saturated carbocycles. The summed E-state index contributed by atoms with van der Waals surface area (Å²) in [5.74, 6) is -1.18. The van der Waals surface area contributed by atoms with E-state index in [1.807, 2.05) is 11.6 Å². The molecule has 1 aromatic heterocycles. The molecular formula is C13H12N2O4. The van der Waals surface area contributed by atoms with Crippen LogP contribution >= 0.6 is 0 Å². The normalized spacial score (nSPS) is 14.8. The van der Waals surface area contributed by atoms with Gasteiger partial charge in [-0.25, -0.2) is 14.6 Å². The molecule has 0 spiro atoms. The van der Waals surface area contributed by atoms with E-state index < -0.39 is 11.9 Å². The summed E-state index contributed by atoms with van der Waals surface area (Å²) in [4.78, 5) is 26.7. The van der Waals surface area contributed by atoms with Crippen molar-refractivity contribution in [1.29, 1.82) is 0 Å². The van der Waals surface area contributed by atoms with Gasteiger partial charge in [-0.15, -0.1) is 0 Å². The minimum Gasteiger partial charge on any atom is -0.478 e. The minimum absolute atomic E-state index is 0.203.